The highest BCUT2D eigenvalue weighted by atomic mass is 32.2. The highest BCUT2D eigenvalue weighted by Gasteiger charge is 2.04. The molecule has 1 aromatic rings. The van der Waals surface area contributed by atoms with Crippen molar-refractivity contribution in [1.82, 2.24) is 4.98 Å². The molecule has 12 heavy (non-hydrogen) atoms. The summed E-state index contributed by atoms with van der Waals surface area (Å²) >= 11 is 1.42. The zero-order valence-corrected chi connectivity index (χ0v) is 7.15. The van der Waals surface area contributed by atoms with Gasteiger partial charge < -0.3 is 4.74 Å². The molecule has 0 aliphatic rings. The number of hydrogen-bond acceptors (Lipinski definition) is 3. The van der Waals surface area contributed by atoms with E-state index < -0.39 is 6.61 Å². The molecule has 66 valence electrons. The fourth-order valence-electron chi connectivity index (χ4n) is 0.678. The largest absolute Gasteiger partial charge is 0.433 e. The van der Waals surface area contributed by atoms with Gasteiger partial charge in [0.25, 0.3) is 0 Å². The number of rotatable bonds is 3. The lowest BCUT2D eigenvalue weighted by Gasteiger charge is -2.03. The van der Waals surface area contributed by atoms with Gasteiger partial charge in [-0.3, -0.25) is 4.98 Å². The Kier molecular flexibility index (Phi) is 3.28. The van der Waals surface area contributed by atoms with E-state index in [0.29, 0.717) is 0 Å². The molecule has 0 bridgehead atoms. The lowest BCUT2D eigenvalue weighted by atomic mass is 10.5. The van der Waals surface area contributed by atoms with Gasteiger partial charge in [0.05, 0.1) is 6.20 Å². The highest BCUT2D eigenvalue weighted by molar-refractivity contribution is 7.98. The highest BCUT2D eigenvalue weighted by Crippen LogP contribution is 2.20. The van der Waals surface area contributed by atoms with Crippen molar-refractivity contribution in [2.45, 2.75) is 11.5 Å². The maximum absolute atomic E-state index is 11.7. The monoisotopic (exact) mass is 191 g/mol. The smallest absolute Gasteiger partial charge is 0.387 e. The van der Waals surface area contributed by atoms with Crippen molar-refractivity contribution in [3.63, 3.8) is 0 Å². The Bertz CT molecular complexity index is 257. The third-order valence-corrected chi connectivity index (χ3v) is 1.84. The molecule has 0 unspecified atom stereocenters. The van der Waals surface area contributed by atoms with Crippen LogP contribution >= 0.6 is 11.8 Å². The summed E-state index contributed by atoms with van der Waals surface area (Å²) in [5.41, 5.74) is 0. The van der Waals surface area contributed by atoms with E-state index in [4.69, 9.17) is 0 Å². The van der Waals surface area contributed by atoms with Crippen LogP contribution in [0.5, 0.6) is 5.75 Å². The topological polar surface area (TPSA) is 22.1 Å². The number of pyridine rings is 1. The Hall–Kier alpha value is -0.840. The Morgan fingerprint density at radius 3 is 2.83 bits per heavy atom. The Morgan fingerprint density at radius 2 is 2.25 bits per heavy atom. The molecule has 1 rings (SSSR count). The predicted molar refractivity (Wildman–Crippen MR) is 42.7 cm³/mol. The minimum atomic E-state index is -2.79. The van der Waals surface area contributed by atoms with Gasteiger partial charge in [-0.1, -0.05) is 0 Å². The molecule has 2 nitrogen and oxygen atoms in total. The van der Waals surface area contributed by atoms with Gasteiger partial charge in [0.2, 0.25) is 0 Å². The second kappa shape index (κ2) is 4.25. The first kappa shape index (κ1) is 9.25. The molecule has 0 fully saturated rings. The molecule has 0 saturated carbocycles. The van der Waals surface area contributed by atoms with Crippen molar-refractivity contribution >= 4 is 11.8 Å². The summed E-state index contributed by atoms with van der Waals surface area (Å²) in [7, 11) is 0. The van der Waals surface area contributed by atoms with E-state index in [9.17, 15) is 8.78 Å². The van der Waals surface area contributed by atoms with Gasteiger partial charge in [-0.15, -0.1) is 11.8 Å². The van der Waals surface area contributed by atoms with Gasteiger partial charge >= 0.3 is 6.61 Å². The lowest BCUT2D eigenvalue weighted by Crippen LogP contribution is -2.01. The summed E-state index contributed by atoms with van der Waals surface area (Å²) < 4.78 is 27.5. The molecule has 0 spiro atoms. The maximum atomic E-state index is 11.7. The first-order valence-corrected chi connectivity index (χ1v) is 4.38. The third-order valence-electron chi connectivity index (χ3n) is 1.15. The molecule has 0 radical (unpaired) electrons. The van der Waals surface area contributed by atoms with Gasteiger partial charge in [-0.05, 0) is 12.3 Å². The second-order valence-corrected chi connectivity index (χ2v) is 2.82. The molecule has 0 amide bonds. The normalized spacial score (nSPS) is 10.3. The molecular weight excluding hydrogens is 184 g/mol. The Balaban J connectivity index is 2.72. The van der Waals surface area contributed by atoms with E-state index >= 15 is 0 Å². The first-order chi connectivity index (χ1) is 5.72. The number of thioether (sulfide) groups is 1. The average Bonchev–Trinajstić information content (AvgIpc) is 2.03. The molecule has 0 aliphatic heterocycles. The molecule has 0 N–H and O–H groups in total. The number of ether oxygens (including phenoxy) is 1. The van der Waals surface area contributed by atoms with Crippen LogP contribution in [0.2, 0.25) is 0 Å². The quantitative estimate of drug-likeness (QED) is 0.685. The second-order valence-electron chi connectivity index (χ2n) is 1.94. The van der Waals surface area contributed by atoms with Crippen molar-refractivity contribution < 1.29 is 13.5 Å². The van der Waals surface area contributed by atoms with Crippen LogP contribution in [-0.2, 0) is 0 Å². The van der Waals surface area contributed by atoms with E-state index in [1.807, 2.05) is 6.26 Å². The number of nitrogens with zero attached hydrogens (tertiary/aromatic N) is 1. The first-order valence-electron chi connectivity index (χ1n) is 3.16. The van der Waals surface area contributed by atoms with Crippen LogP contribution in [0.15, 0.2) is 23.4 Å². The number of aromatic nitrogens is 1. The summed E-state index contributed by atoms with van der Waals surface area (Å²) in [5, 5.41) is 0. The van der Waals surface area contributed by atoms with Crippen LogP contribution in [-0.4, -0.2) is 17.9 Å². The molecule has 5 heteroatoms. The van der Waals surface area contributed by atoms with Crippen molar-refractivity contribution in [1.29, 1.82) is 0 Å². The average molecular weight is 191 g/mol. The van der Waals surface area contributed by atoms with Crippen LogP contribution in [0.4, 0.5) is 8.78 Å². The van der Waals surface area contributed by atoms with E-state index in [1.165, 1.54) is 24.0 Å². The van der Waals surface area contributed by atoms with Crippen LogP contribution in [0.25, 0.3) is 0 Å². The zero-order valence-electron chi connectivity index (χ0n) is 6.33. The summed E-state index contributed by atoms with van der Waals surface area (Å²) in [6, 6.07) is 1.52. The molecule has 1 heterocycles. The number of hydrogen-bond donors (Lipinski definition) is 0. The summed E-state index contributed by atoms with van der Waals surface area (Å²) in [5.74, 6) is 0.0943. The minimum Gasteiger partial charge on any atom is -0.433 e. The van der Waals surface area contributed by atoms with Gasteiger partial charge in [-0.25, -0.2) is 0 Å². The molecular formula is C7H7F2NOS. The SMILES string of the molecule is CSc1cncc(OC(F)F)c1. The van der Waals surface area contributed by atoms with E-state index in [-0.39, 0.29) is 5.75 Å². The molecule has 1 aromatic heterocycles. The van der Waals surface area contributed by atoms with Crippen LogP contribution < -0.4 is 4.74 Å². The molecule has 0 saturated heterocycles. The zero-order chi connectivity index (χ0) is 8.97. The van der Waals surface area contributed by atoms with E-state index in [2.05, 4.69) is 9.72 Å². The molecule has 0 atom stereocenters. The summed E-state index contributed by atoms with van der Waals surface area (Å²) in [4.78, 5) is 4.53. The van der Waals surface area contributed by atoms with Crippen LogP contribution in [0, 0.1) is 0 Å². The maximum Gasteiger partial charge on any atom is 0.387 e. The standard InChI is InChI=1S/C7H7F2NOS/c1-12-6-2-5(3-10-4-6)11-7(8)9/h2-4,7H,1H3. The van der Waals surface area contributed by atoms with Crippen LogP contribution in [0.1, 0.15) is 0 Å². The van der Waals surface area contributed by atoms with Gasteiger partial charge in [0.1, 0.15) is 5.75 Å². The predicted octanol–water partition coefficient (Wildman–Crippen LogP) is 2.40. The van der Waals surface area contributed by atoms with Crippen LogP contribution in [0.3, 0.4) is 0 Å². The molecule has 0 aliphatic carbocycles. The number of alkyl halides is 2. The van der Waals surface area contributed by atoms with E-state index in [0.717, 1.165) is 4.90 Å². The number of halogens is 2. The van der Waals surface area contributed by atoms with Gasteiger partial charge in [-0.2, -0.15) is 8.78 Å². The van der Waals surface area contributed by atoms with Crippen molar-refractivity contribution in [3.8, 4) is 5.75 Å². The Labute approximate surface area is 72.9 Å². The Morgan fingerprint density at radius 1 is 1.50 bits per heavy atom. The van der Waals surface area contributed by atoms with E-state index in [1.54, 1.807) is 6.20 Å². The fraction of sp³-hybridized carbons (Fsp3) is 0.286. The van der Waals surface area contributed by atoms with Crippen molar-refractivity contribution in [3.05, 3.63) is 18.5 Å². The minimum absolute atomic E-state index is 0.0943. The summed E-state index contributed by atoms with van der Waals surface area (Å²) in [6.45, 7) is -2.79. The van der Waals surface area contributed by atoms with Crippen molar-refractivity contribution in [2.24, 2.45) is 0 Å². The van der Waals surface area contributed by atoms with Gasteiger partial charge in [0, 0.05) is 11.1 Å². The summed E-state index contributed by atoms with van der Waals surface area (Å²) in [6.07, 6.45) is 4.68. The molecule has 0 aromatic carbocycles. The fourth-order valence-corrected chi connectivity index (χ4v) is 1.08. The van der Waals surface area contributed by atoms with Gasteiger partial charge in [0.15, 0.2) is 0 Å². The van der Waals surface area contributed by atoms with Crippen molar-refractivity contribution in [2.75, 3.05) is 6.26 Å². The third kappa shape index (κ3) is 2.65. The lowest BCUT2D eigenvalue weighted by molar-refractivity contribution is -0.0502.